The Hall–Kier alpha value is -1.35. The average molecular weight is 358 g/mol. The van der Waals surface area contributed by atoms with Crippen molar-refractivity contribution in [1.82, 2.24) is 9.62 Å². The zero-order valence-corrected chi connectivity index (χ0v) is 15.5. The van der Waals surface area contributed by atoms with Crippen molar-refractivity contribution in [2.24, 2.45) is 0 Å². The molecule has 1 aliphatic heterocycles. The van der Waals surface area contributed by atoms with Gasteiger partial charge >= 0.3 is 0 Å². The average Bonchev–Trinajstić information content (AvgIpc) is 2.60. The molecular weight excluding hydrogens is 332 g/mol. The molecule has 1 aliphatic rings. The lowest BCUT2D eigenvalue weighted by molar-refractivity contribution is -0.00803. The first-order chi connectivity index (χ1) is 11.3. The molecule has 1 N–H and O–H groups in total. The van der Waals surface area contributed by atoms with E-state index >= 15 is 0 Å². The van der Waals surface area contributed by atoms with E-state index in [1.54, 1.807) is 6.07 Å². The van der Waals surface area contributed by atoms with Crippen LogP contribution in [0.2, 0.25) is 0 Å². The molecule has 0 radical (unpaired) electrons. The Morgan fingerprint density at radius 2 is 1.79 bits per heavy atom. The molecule has 0 aromatic heterocycles. The Morgan fingerprint density at radius 3 is 2.38 bits per heavy atom. The molecule has 8 heteroatoms. The molecule has 1 aromatic rings. The van der Waals surface area contributed by atoms with Crippen LogP contribution in [-0.4, -0.2) is 65.9 Å². The Morgan fingerprint density at radius 1 is 1.17 bits per heavy atom. The van der Waals surface area contributed by atoms with Crippen molar-refractivity contribution in [2.45, 2.75) is 24.3 Å². The van der Waals surface area contributed by atoms with Gasteiger partial charge in [-0.1, -0.05) is 0 Å². The largest absolute Gasteiger partial charge is 0.493 e. The topological polar surface area (TPSA) is 77.1 Å². The van der Waals surface area contributed by atoms with Gasteiger partial charge in [0.25, 0.3) is 0 Å². The Kier molecular flexibility index (Phi) is 6.08. The third-order valence-corrected chi connectivity index (χ3v) is 5.63. The van der Waals surface area contributed by atoms with Crippen molar-refractivity contribution < 1.29 is 22.6 Å². The van der Waals surface area contributed by atoms with Crippen LogP contribution in [0.15, 0.2) is 23.1 Å². The van der Waals surface area contributed by atoms with Crippen molar-refractivity contribution >= 4 is 10.0 Å². The minimum absolute atomic E-state index is 0.151. The third kappa shape index (κ3) is 4.38. The summed E-state index contributed by atoms with van der Waals surface area (Å²) in [6.07, 6.45) is 0. The van der Waals surface area contributed by atoms with Crippen LogP contribution >= 0.6 is 0 Å². The summed E-state index contributed by atoms with van der Waals surface area (Å²) in [5.41, 5.74) is -0.298. The normalized spacial score (nSPS) is 16.8. The second kappa shape index (κ2) is 7.69. The summed E-state index contributed by atoms with van der Waals surface area (Å²) in [6, 6.07) is 4.55. The van der Waals surface area contributed by atoms with Gasteiger partial charge in [-0.05, 0) is 26.0 Å². The lowest BCUT2D eigenvalue weighted by Crippen LogP contribution is -2.55. The minimum Gasteiger partial charge on any atom is -0.493 e. The molecule has 1 fully saturated rings. The van der Waals surface area contributed by atoms with Crippen LogP contribution in [0.5, 0.6) is 11.5 Å². The van der Waals surface area contributed by atoms with Crippen molar-refractivity contribution in [3.63, 3.8) is 0 Å². The second-order valence-corrected chi connectivity index (χ2v) is 8.02. The highest BCUT2D eigenvalue weighted by molar-refractivity contribution is 7.89. The van der Waals surface area contributed by atoms with Gasteiger partial charge in [0.15, 0.2) is 11.5 Å². The van der Waals surface area contributed by atoms with E-state index in [0.717, 1.165) is 13.1 Å². The number of benzene rings is 1. The van der Waals surface area contributed by atoms with E-state index in [-0.39, 0.29) is 10.4 Å². The third-order valence-electron chi connectivity index (χ3n) is 4.23. The highest BCUT2D eigenvalue weighted by Crippen LogP contribution is 2.29. The van der Waals surface area contributed by atoms with Crippen LogP contribution in [0.25, 0.3) is 0 Å². The molecule has 136 valence electrons. The molecule has 2 rings (SSSR count). The number of hydrogen-bond acceptors (Lipinski definition) is 6. The van der Waals surface area contributed by atoms with E-state index < -0.39 is 10.0 Å². The maximum atomic E-state index is 12.6. The van der Waals surface area contributed by atoms with E-state index in [0.29, 0.717) is 31.3 Å². The lowest BCUT2D eigenvalue weighted by Gasteiger charge is -2.40. The van der Waals surface area contributed by atoms with Gasteiger partial charge < -0.3 is 14.2 Å². The predicted molar refractivity (Wildman–Crippen MR) is 91.2 cm³/mol. The summed E-state index contributed by atoms with van der Waals surface area (Å²) in [6.45, 7) is 7.29. The van der Waals surface area contributed by atoms with E-state index in [4.69, 9.17) is 14.2 Å². The smallest absolute Gasteiger partial charge is 0.240 e. The van der Waals surface area contributed by atoms with Gasteiger partial charge in [0, 0.05) is 31.2 Å². The van der Waals surface area contributed by atoms with Gasteiger partial charge in [0.2, 0.25) is 10.0 Å². The quantitative estimate of drug-likeness (QED) is 0.786. The van der Waals surface area contributed by atoms with E-state index in [1.165, 1.54) is 26.4 Å². The highest BCUT2D eigenvalue weighted by atomic mass is 32.2. The number of nitrogens with one attached hydrogen (secondary N) is 1. The van der Waals surface area contributed by atoms with Gasteiger partial charge in [-0.15, -0.1) is 0 Å². The van der Waals surface area contributed by atoms with Gasteiger partial charge in [0.1, 0.15) is 0 Å². The molecule has 1 heterocycles. The Labute approximate surface area is 143 Å². The van der Waals surface area contributed by atoms with Crippen LogP contribution in [0.3, 0.4) is 0 Å². The molecule has 0 saturated carbocycles. The lowest BCUT2D eigenvalue weighted by atomic mass is 10.0. The molecule has 1 saturated heterocycles. The number of ether oxygens (including phenoxy) is 3. The minimum atomic E-state index is -3.63. The number of nitrogens with zero attached hydrogens (tertiary/aromatic N) is 1. The van der Waals surface area contributed by atoms with Gasteiger partial charge in [0.05, 0.1) is 32.3 Å². The summed E-state index contributed by atoms with van der Waals surface area (Å²) in [4.78, 5) is 2.38. The maximum Gasteiger partial charge on any atom is 0.240 e. The number of morpholine rings is 1. The van der Waals surface area contributed by atoms with Crippen LogP contribution in [0.4, 0.5) is 0 Å². The van der Waals surface area contributed by atoms with E-state index in [9.17, 15) is 8.42 Å². The molecule has 7 nitrogen and oxygen atoms in total. The van der Waals surface area contributed by atoms with Crippen molar-refractivity contribution in [3.8, 4) is 11.5 Å². The first kappa shape index (κ1) is 19.0. The van der Waals surface area contributed by atoms with Crippen molar-refractivity contribution in [1.29, 1.82) is 0 Å². The van der Waals surface area contributed by atoms with Gasteiger partial charge in [-0.3, -0.25) is 4.90 Å². The zero-order chi connectivity index (χ0) is 17.8. The van der Waals surface area contributed by atoms with Crippen molar-refractivity contribution in [2.75, 3.05) is 47.1 Å². The van der Waals surface area contributed by atoms with Crippen molar-refractivity contribution in [3.05, 3.63) is 18.2 Å². The molecule has 24 heavy (non-hydrogen) atoms. The number of rotatable bonds is 7. The highest BCUT2D eigenvalue weighted by Gasteiger charge is 2.30. The molecule has 1 aromatic carbocycles. The van der Waals surface area contributed by atoms with Crippen LogP contribution < -0.4 is 14.2 Å². The van der Waals surface area contributed by atoms with Gasteiger partial charge in [-0.25, -0.2) is 13.1 Å². The number of methoxy groups -OCH3 is 2. The molecule has 0 bridgehead atoms. The molecule has 0 spiro atoms. The fraction of sp³-hybridized carbons (Fsp3) is 0.625. The Balaban J connectivity index is 2.10. The zero-order valence-electron chi connectivity index (χ0n) is 14.7. The number of hydrogen-bond donors (Lipinski definition) is 1. The number of sulfonamides is 1. The molecule has 0 atom stereocenters. The first-order valence-electron chi connectivity index (χ1n) is 7.84. The monoisotopic (exact) mass is 358 g/mol. The summed E-state index contributed by atoms with van der Waals surface area (Å²) in [7, 11) is -0.649. The van der Waals surface area contributed by atoms with Gasteiger partial charge in [-0.2, -0.15) is 0 Å². The predicted octanol–water partition coefficient (Wildman–Crippen LogP) is 1.09. The Bertz CT molecular complexity index is 654. The van der Waals surface area contributed by atoms with Crippen LogP contribution in [-0.2, 0) is 14.8 Å². The van der Waals surface area contributed by atoms with E-state index in [2.05, 4.69) is 9.62 Å². The summed E-state index contributed by atoms with van der Waals surface area (Å²) < 4.78 is 43.5. The van der Waals surface area contributed by atoms with Crippen LogP contribution in [0, 0.1) is 0 Å². The van der Waals surface area contributed by atoms with Crippen LogP contribution in [0.1, 0.15) is 13.8 Å². The molecule has 0 unspecified atom stereocenters. The first-order valence-corrected chi connectivity index (χ1v) is 9.33. The maximum absolute atomic E-state index is 12.6. The fourth-order valence-electron chi connectivity index (χ4n) is 2.62. The summed E-state index contributed by atoms with van der Waals surface area (Å²) >= 11 is 0. The summed E-state index contributed by atoms with van der Waals surface area (Å²) in [5, 5.41) is 0. The fourth-order valence-corrected chi connectivity index (χ4v) is 3.84. The van der Waals surface area contributed by atoms with E-state index in [1.807, 2.05) is 13.8 Å². The molecule has 0 amide bonds. The SMILES string of the molecule is COc1ccc(S(=O)(=O)NCC(C)(C)N2CCOCC2)cc1OC. The summed E-state index contributed by atoms with van der Waals surface area (Å²) in [5.74, 6) is 0.873. The molecular formula is C16H26N2O5S. The standard InChI is InChI=1S/C16H26N2O5S/c1-16(2,18-7-9-23-10-8-18)12-17-24(19,20)13-5-6-14(21-3)15(11-13)22-4/h5-6,11,17H,7-10,12H2,1-4H3. The second-order valence-electron chi connectivity index (χ2n) is 6.25. The molecule has 0 aliphatic carbocycles.